The molecule has 2 N–H and O–H groups in total. The van der Waals surface area contributed by atoms with Crippen LogP contribution in [0.25, 0.3) is 21.0 Å². The summed E-state index contributed by atoms with van der Waals surface area (Å²) in [5, 5.41) is 1.80. The van der Waals surface area contributed by atoms with E-state index in [2.05, 4.69) is 9.71 Å². The topological polar surface area (TPSA) is 99.3 Å². The minimum absolute atomic E-state index is 0.194. The number of anilines is 1. The van der Waals surface area contributed by atoms with Crippen molar-refractivity contribution in [1.29, 1.82) is 0 Å². The summed E-state index contributed by atoms with van der Waals surface area (Å²) < 4.78 is 29.9. The zero-order chi connectivity index (χ0) is 23.4. The van der Waals surface area contributed by atoms with Gasteiger partial charge in [-0.15, -0.1) is 11.3 Å². The molecule has 0 bridgehead atoms. The summed E-state index contributed by atoms with van der Waals surface area (Å²) in [5.41, 5.74) is 2.31. The van der Waals surface area contributed by atoms with Gasteiger partial charge in [0.25, 0.3) is 21.7 Å². The van der Waals surface area contributed by atoms with Gasteiger partial charge in [0.2, 0.25) is 0 Å². The number of sulfonamides is 1. The van der Waals surface area contributed by atoms with Gasteiger partial charge in [0.1, 0.15) is 4.21 Å². The van der Waals surface area contributed by atoms with E-state index >= 15 is 0 Å². The molecule has 0 fully saturated rings. The lowest BCUT2D eigenvalue weighted by Gasteiger charge is -2.10. The number of nitrogens with zero attached hydrogens (tertiary/aromatic N) is 1. The smallest absolute Gasteiger partial charge is 0.294 e. The Kier molecular flexibility index (Phi) is 5.52. The summed E-state index contributed by atoms with van der Waals surface area (Å²) in [6.45, 7) is 3.44. The second-order valence-electron chi connectivity index (χ2n) is 7.67. The molecule has 0 atom stereocenters. The van der Waals surface area contributed by atoms with Crippen molar-refractivity contribution < 1.29 is 18.0 Å². The highest BCUT2D eigenvalue weighted by molar-refractivity contribution is 7.94. The van der Waals surface area contributed by atoms with Crippen LogP contribution in [0.4, 0.5) is 5.69 Å². The number of nitrogens with one attached hydrogen (secondary N) is 2. The van der Waals surface area contributed by atoms with Crippen LogP contribution < -0.4 is 4.72 Å². The number of carbonyl (C=O) groups is 2. The van der Waals surface area contributed by atoms with Crippen LogP contribution in [0.3, 0.4) is 0 Å². The van der Waals surface area contributed by atoms with E-state index in [4.69, 9.17) is 11.6 Å². The van der Waals surface area contributed by atoms with E-state index in [1.54, 1.807) is 50.2 Å². The molecule has 0 aliphatic carbocycles. The second kappa shape index (κ2) is 7.91. The highest BCUT2D eigenvalue weighted by Crippen LogP contribution is 2.36. The number of amides is 1. The predicted octanol–water partition coefficient (Wildman–Crippen LogP) is 4.72. The second-order valence-corrected chi connectivity index (χ2v) is 11.0. The lowest BCUT2D eigenvalue weighted by atomic mass is 10.1. The molecule has 0 radical (unpaired) electrons. The maximum absolute atomic E-state index is 13.2. The van der Waals surface area contributed by atoms with E-state index in [0.29, 0.717) is 27.2 Å². The number of benzene rings is 2. The largest absolute Gasteiger partial charge is 0.358 e. The average Bonchev–Trinajstić information content (AvgIpc) is 3.23. The van der Waals surface area contributed by atoms with E-state index in [1.807, 2.05) is 0 Å². The Morgan fingerprint density at radius 2 is 1.78 bits per heavy atom. The monoisotopic (exact) mass is 489 g/mol. The Hall–Kier alpha value is -2.88. The number of likely N-dealkylation sites (N-methyl/N-ethyl adjacent to an activating group) is 1. The standard InChI is InChI=1S/C22H20ClN3O4S2/c1-11-15-9-13(23)5-8-18(15)31-22(11)32(29,30)25-14-6-7-17-16(10-14)19(12(2)24-17)20(27)21(28)26(3)4/h5-10,24-25H,1-4H3. The highest BCUT2D eigenvalue weighted by atomic mass is 35.5. The van der Waals surface area contributed by atoms with Crippen LogP contribution in [0.15, 0.2) is 40.6 Å². The van der Waals surface area contributed by atoms with Gasteiger partial charge >= 0.3 is 0 Å². The molecule has 0 saturated heterocycles. The predicted molar refractivity (Wildman–Crippen MR) is 128 cm³/mol. The lowest BCUT2D eigenvalue weighted by Crippen LogP contribution is -2.30. The number of aromatic nitrogens is 1. The van der Waals surface area contributed by atoms with E-state index < -0.39 is 21.7 Å². The van der Waals surface area contributed by atoms with Crippen LogP contribution in [-0.4, -0.2) is 44.1 Å². The fourth-order valence-electron chi connectivity index (χ4n) is 3.62. The highest BCUT2D eigenvalue weighted by Gasteiger charge is 2.26. The first kappa shape index (κ1) is 22.3. The quantitative estimate of drug-likeness (QED) is 0.313. The van der Waals surface area contributed by atoms with Gasteiger partial charge in [0, 0.05) is 46.1 Å². The van der Waals surface area contributed by atoms with Crippen LogP contribution in [-0.2, 0) is 14.8 Å². The van der Waals surface area contributed by atoms with E-state index in [1.165, 1.54) is 19.0 Å². The molecular formula is C22H20ClN3O4S2. The van der Waals surface area contributed by atoms with Gasteiger partial charge in [-0.1, -0.05) is 11.6 Å². The molecule has 10 heteroatoms. The fourth-order valence-corrected chi connectivity index (χ4v) is 6.59. The molecule has 166 valence electrons. The molecule has 2 heterocycles. The number of aromatic amines is 1. The first-order valence-corrected chi connectivity index (χ1v) is 12.3. The third-order valence-electron chi connectivity index (χ3n) is 5.16. The summed E-state index contributed by atoms with van der Waals surface area (Å²) in [7, 11) is -0.879. The van der Waals surface area contributed by atoms with Crippen molar-refractivity contribution in [2.75, 3.05) is 18.8 Å². The molecule has 2 aromatic carbocycles. The molecule has 0 unspecified atom stereocenters. The SMILES string of the molecule is Cc1[nH]c2ccc(NS(=O)(=O)c3sc4ccc(Cl)cc4c3C)cc2c1C(=O)C(=O)N(C)C. The molecule has 4 aromatic rings. The minimum Gasteiger partial charge on any atom is -0.358 e. The number of H-pyrrole nitrogens is 1. The van der Waals surface area contributed by atoms with Crippen LogP contribution in [0.2, 0.25) is 5.02 Å². The Morgan fingerprint density at radius 3 is 2.47 bits per heavy atom. The molecule has 4 rings (SSSR count). The van der Waals surface area contributed by atoms with Crippen LogP contribution in [0, 0.1) is 13.8 Å². The first-order chi connectivity index (χ1) is 15.0. The zero-order valence-electron chi connectivity index (χ0n) is 17.7. The van der Waals surface area contributed by atoms with Crippen molar-refractivity contribution in [3.63, 3.8) is 0 Å². The van der Waals surface area contributed by atoms with Crippen molar-refractivity contribution in [3.05, 3.63) is 58.2 Å². The van der Waals surface area contributed by atoms with Gasteiger partial charge in [-0.25, -0.2) is 8.42 Å². The number of hydrogen-bond donors (Lipinski definition) is 2. The molecule has 32 heavy (non-hydrogen) atoms. The lowest BCUT2D eigenvalue weighted by molar-refractivity contribution is -0.124. The summed E-state index contributed by atoms with van der Waals surface area (Å²) in [4.78, 5) is 29.2. The first-order valence-electron chi connectivity index (χ1n) is 9.59. The number of ketones is 1. The molecular weight excluding hydrogens is 470 g/mol. The van der Waals surface area contributed by atoms with Crippen molar-refractivity contribution in [2.24, 2.45) is 0 Å². The van der Waals surface area contributed by atoms with Gasteiger partial charge in [-0.2, -0.15) is 0 Å². The number of rotatable bonds is 5. The summed E-state index contributed by atoms with van der Waals surface area (Å²) >= 11 is 7.23. The summed E-state index contributed by atoms with van der Waals surface area (Å²) in [5.74, 6) is -1.31. The Labute approximate surface area is 194 Å². The number of carbonyl (C=O) groups excluding carboxylic acids is 2. The zero-order valence-corrected chi connectivity index (χ0v) is 20.1. The fraction of sp³-hybridized carbons (Fsp3) is 0.182. The maximum Gasteiger partial charge on any atom is 0.294 e. The molecule has 0 aliphatic rings. The summed E-state index contributed by atoms with van der Waals surface area (Å²) in [6.07, 6.45) is 0. The Bertz CT molecular complexity index is 1520. The molecule has 1 amide bonds. The van der Waals surface area contributed by atoms with Gasteiger partial charge < -0.3 is 9.88 Å². The molecule has 0 aliphatic heterocycles. The van der Waals surface area contributed by atoms with Crippen molar-refractivity contribution in [1.82, 2.24) is 9.88 Å². The maximum atomic E-state index is 13.2. The van der Waals surface area contributed by atoms with Crippen molar-refractivity contribution >= 4 is 71.3 Å². The number of Topliss-reactive ketones (excluding diaryl/α,β-unsaturated/α-hetero) is 1. The molecule has 0 spiro atoms. The number of hydrogen-bond acceptors (Lipinski definition) is 5. The minimum atomic E-state index is -3.89. The van der Waals surface area contributed by atoms with Crippen molar-refractivity contribution in [3.8, 4) is 0 Å². The van der Waals surface area contributed by atoms with Gasteiger partial charge in [0.15, 0.2) is 0 Å². The van der Waals surface area contributed by atoms with Crippen LogP contribution >= 0.6 is 22.9 Å². The van der Waals surface area contributed by atoms with E-state index in [0.717, 1.165) is 21.4 Å². The average molecular weight is 490 g/mol. The normalized spacial score (nSPS) is 11.8. The Morgan fingerprint density at radius 1 is 1.06 bits per heavy atom. The van der Waals surface area contributed by atoms with Gasteiger partial charge in [-0.05, 0) is 61.2 Å². The van der Waals surface area contributed by atoms with Crippen LogP contribution in [0.5, 0.6) is 0 Å². The Balaban J connectivity index is 1.76. The number of thiophene rings is 1. The molecule has 0 saturated carbocycles. The third-order valence-corrected chi connectivity index (χ3v) is 8.67. The van der Waals surface area contributed by atoms with E-state index in [9.17, 15) is 18.0 Å². The van der Waals surface area contributed by atoms with Gasteiger partial charge in [0.05, 0.1) is 5.56 Å². The van der Waals surface area contributed by atoms with E-state index in [-0.39, 0.29) is 15.5 Å². The van der Waals surface area contributed by atoms with Gasteiger partial charge in [-0.3, -0.25) is 14.3 Å². The summed E-state index contributed by atoms with van der Waals surface area (Å²) in [6, 6.07) is 10.1. The number of halogens is 1. The number of aryl methyl sites for hydroxylation is 2. The molecule has 2 aromatic heterocycles. The van der Waals surface area contributed by atoms with Crippen molar-refractivity contribution in [2.45, 2.75) is 18.1 Å². The number of fused-ring (bicyclic) bond motifs is 2. The third kappa shape index (κ3) is 3.76. The molecule has 7 nitrogen and oxygen atoms in total. The van der Waals surface area contributed by atoms with Crippen LogP contribution in [0.1, 0.15) is 21.6 Å².